The maximum atomic E-state index is 13.1. The number of nitrogens with zero attached hydrogens (tertiary/aromatic N) is 2. The van der Waals surface area contributed by atoms with Crippen molar-refractivity contribution in [3.8, 4) is 0 Å². The summed E-state index contributed by atoms with van der Waals surface area (Å²) in [7, 11) is -10.1. The lowest BCUT2D eigenvalue weighted by molar-refractivity contribution is -0.0943. The SMILES string of the molecule is CCS(=O)(=O)C1=CC(C(F)(F)F)=CN(O)C1=C1N=C2C=C(S(=O)(=O)C(F)(F)F)C=CC2O1. The van der Waals surface area contributed by atoms with E-state index in [1.165, 1.54) is 0 Å². The highest BCUT2D eigenvalue weighted by atomic mass is 32.2. The van der Waals surface area contributed by atoms with Gasteiger partial charge in [0, 0.05) is 6.20 Å². The van der Waals surface area contributed by atoms with Gasteiger partial charge in [-0.2, -0.15) is 26.3 Å². The van der Waals surface area contributed by atoms with Crippen molar-refractivity contribution in [2.75, 3.05) is 5.75 Å². The summed E-state index contributed by atoms with van der Waals surface area (Å²) >= 11 is 0. The number of halogens is 6. The molecule has 1 atom stereocenters. The van der Waals surface area contributed by atoms with Gasteiger partial charge in [-0.15, -0.1) is 0 Å². The highest BCUT2D eigenvalue weighted by Crippen LogP contribution is 2.39. The first-order valence-electron chi connectivity index (χ1n) is 8.41. The van der Waals surface area contributed by atoms with Crippen molar-refractivity contribution in [2.45, 2.75) is 24.7 Å². The molecule has 3 rings (SSSR count). The second-order valence-corrected chi connectivity index (χ2v) is 10.6. The number of fused-ring (bicyclic) bond motifs is 1. The Kier molecular flexibility index (Phi) is 5.63. The molecule has 0 radical (unpaired) electrons. The van der Waals surface area contributed by atoms with Gasteiger partial charge in [0.25, 0.3) is 9.84 Å². The summed E-state index contributed by atoms with van der Waals surface area (Å²) in [6.07, 6.45) is -3.87. The van der Waals surface area contributed by atoms with E-state index in [0.29, 0.717) is 12.2 Å². The molecule has 0 amide bonds. The number of allylic oxidation sites excluding steroid dienone is 3. The monoisotopic (exact) mass is 506 g/mol. The van der Waals surface area contributed by atoms with E-state index in [-0.39, 0.29) is 17.3 Å². The van der Waals surface area contributed by atoms with E-state index in [4.69, 9.17) is 4.74 Å². The van der Waals surface area contributed by atoms with Crippen LogP contribution >= 0.6 is 0 Å². The molecule has 1 aliphatic carbocycles. The van der Waals surface area contributed by atoms with Crippen LogP contribution in [-0.4, -0.2) is 56.4 Å². The molecule has 3 aliphatic rings. The maximum Gasteiger partial charge on any atom is 0.501 e. The molecule has 32 heavy (non-hydrogen) atoms. The first-order valence-corrected chi connectivity index (χ1v) is 11.6. The number of rotatable bonds is 3. The summed E-state index contributed by atoms with van der Waals surface area (Å²) in [6.45, 7) is 1.13. The predicted molar refractivity (Wildman–Crippen MR) is 96.8 cm³/mol. The van der Waals surface area contributed by atoms with E-state index < -0.39 is 75.9 Å². The van der Waals surface area contributed by atoms with Gasteiger partial charge in [0.1, 0.15) is 5.70 Å². The van der Waals surface area contributed by atoms with Gasteiger partial charge >= 0.3 is 11.7 Å². The van der Waals surface area contributed by atoms with Crippen LogP contribution in [0.2, 0.25) is 0 Å². The first kappa shape index (κ1) is 24.1. The van der Waals surface area contributed by atoms with Gasteiger partial charge in [-0.05, 0) is 24.3 Å². The van der Waals surface area contributed by atoms with Gasteiger partial charge in [0.2, 0.25) is 5.88 Å². The van der Waals surface area contributed by atoms with Gasteiger partial charge < -0.3 is 4.74 Å². The number of alkyl halides is 6. The average Bonchev–Trinajstić information content (AvgIpc) is 3.08. The molecular weight excluding hydrogens is 494 g/mol. The molecule has 0 spiro atoms. The minimum Gasteiger partial charge on any atom is -0.462 e. The third kappa shape index (κ3) is 4.09. The van der Waals surface area contributed by atoms with Crippen LogP contribution in [0.15, 0.2) is 62.5 Å². The van der Waals surface area contributed by atoms with Crippen LogP contribution in [0.4, 0.5) is 26.3 Å². The topological polar surface area (TPSA) is 113 Å². The maximum absolute atomic E-state index is 13.1. The third-order valence-electron chi connectivity index (χ3n) is 4.36. The highest BCUT2D eigenvalue weighted by molar-refractivity contribution is 7.96. The molecule has 8 nitrogen and oxygen atoms in total. The Balaban J connectivity index is 2.16. The fourth-order valence-electron chi connectivity index (χ4n) is 2.73. The third-order valence-corrected chi connectivity index (χ3v) is 7.58. The highest BCUT2D eigenvalue weighted by Gasteiger charge is 2.49. The number of sulfone groups is 2. The summed E-state index contributed by atoms with van der Waals surface area (Å²) in [6, 6.07) is 0. The number of ether oxygens (including phenoxy) is 1. The lowest BCUT2D eigenvalue weighted by Gasteiger charge is -2.25. The Morgan fingerprint density at radius 3 is 2.28 bits per heavy atom. The average molecular weight is 506 g/mol. The quantitative estimate of drug-likeness (QED) is 0.586. The lowest BCUT2D eigenvalue weighted by Crippen LogP contribution is -2.28. The molecule has 1 unspecified atom stereocenters. The number of hydroxylamine groups is 2. The van der Waals surface area contributed by atoms with Gasteiger partial charge in [0.15, 0.2) is 15.9 Å². The molecule has 2 aliphatic heterocycles. The Hall–Kier alpha value is -2.59. The van der Waals surface area contributed by atoms with Crippen molar-refractivity contribution < 1.29 is 53.1 Å². The van der Waals surface area contributed by atoms with Crippen molar-refractivity contribution in [1.29, 1.82) is 0 Å². The molecule has 1 N–H and O–H groups in total. The molecule has 0 saturated heterocycles. The normalized spacial score (nSPS) is 24.4. The van der Waals surface area contributed by atoms with Crippen LogP contribution in [0.1, 0.15) is 6.92 Å². The fraction of sp³-hybridized carbons (Fsp3) is 0.312. The number of hydrogen-bond acceptors (Lipinski definition) is 8. The van der Waals surface area contributed by atoms with Crippen LogP contribution < -0.4 is 0 Å². The van der Waals surface area contributed by atoms with Crippen molar-refractivity contribution in [2.24, 2.45) is 4.99 Å². The van der Waals surface area contributed by atoms with E-state index in [1.807, 2.05) is 0 Å². The van der Waals surface area contributed by atoms with E-state index >= 15 is 0 Å². The van der Waals surface area contributed by atoms with Crippen LogP contribution in [0.3, 0.4) is 0 Å². The zero-order chi connectivity index (χ0) is 24.3. The molecule has 0 saturated carbocycles. The van der Waals surface area contributed by atoms with E-state index in [0.717, 1.165) is 13.0 Å². The van der Waals surface area contributed by atoms with Gasteiger partial charge in [0.05, 0.1) is 26.8 Å². The second-order valence-electron chi connectivity index (χ2n) is 6.42. The van der Waals surface area contributed by atoms with Gasteiger partial charge in [-0.25, -0.2) is 26.9 Å². The zero-order valence-electron chi connectivity index (χ0n) is 15.6. The standard InChI is InChI=1S/C16H12F6N2O6S2/c1-2-31(26,27)12-5-8(15(17,18)19)7-24(25)13(12)14-23-10-6-9(3-4-11(10)30-14)32(28,29)16(20,21)22/h3-7,11,25H,2H2,1H3. The van der Waals surface area contributed by atoms with Gasteiger partial charge in [-0.3, -0.25) is 5.21 Å². The Labute approximate surface area is 177 Å². The Morgan fingerprint density at radius 2 is 1.75 bits per heavy atom. The summed E-state index contributed by atoms with van der Waals surface area (Å²) in [5.74, 6) is -1.40. The summed E-state index contributed by atoms with van der Waals surface area (Å²) < 4.78 is 131. The zero-order valence-corrected chi connectivity index (χ0v) is 17.3. The van der Waals surface area contributed by atoms with Crippen molar-refractivity contribution in [3.05, 3.63) is 57.5 Å². The first-order chi connectivity index (χ1) is 14.5. The van der Waals surface area contributed by atoms with Crippen molar-refractivity contribution in [1.82, 2.24) is 5.06 Å². The molecule has 2 heterocycles. The number of aliphatic imine (C=N–C) groups is 1. The van der Waals surface area contributed by atoms with Crippen LogP contribution in [0.5, 0.6) is 0 Å². The fourth-order valence-corrected chi connectivity index (χ4v) is 4.63. The Bertz CT molecular complexity index is 1250. The molecular formula is C16H12F6N2O6S2. The Morgan fingerprint density at radius 1 is 1.12 bits per heavy atom. The molecule has 0 bridgehead atoms. The summed E-state index contributed by atoms with van der Waals surface area (Å²) in [4.78, 5) is 1.55. The van der Waals surface area contributed by atoms with Crippen LogP contribution in [0, 0.1) is 0 Å². The van der Waals surface area contributed by atoms with E-state index in [2.05, 4.69) is 4.99 Å². The van der Waals surface area contributed by atoms with Crippen LogP contribution in [-0.2, 0) is 24.4 Å². The molecule has 0 aromatic heterocycles. The summed E-state index contributed by atoms with van der Waals surface area (Å²) in [5.41, 5.74) is -8.32. The molecule has 0 fully saturated rings. The molecule has 0 aromatic rings. The molecule has 0 aromatic carbocycles. The molecule has 16 heteroatoms. The van der Waals surface area contributed by atoms with Crippen molar-refractivity contribution in [3.63, 3.8) is 0 Å². The second kappa shape index (κ2) is 7.48. The summed E-state index contributed by atoms with van der Waals surface area (Å²) in [5, 5.41) is 9.90. The minimum atomic E-state index is -5.73. The lowest BCUT2D eigenvalue weighted by atomic mass is 10.1. The van der Waals surface area contributed by atoms with Crippen LogP contribution in [0.25, 0.3) is 0 Å². The predicted octanol–water partition coefficient (Wildman–Crippen LogP) is 2.85. The smallest absolute Gasteiger partial charge is 0.462 e. The van der Waals surface area contributed by atoms with E-state index in [9.17, 15) is 48.4 Å². The largest absolute Gasteiger partial charge is 0.501 e. The van der Waals surface area contributed by atoms with Gasteiger partial charge in [-0.1, -0.05) is 6.92 Å². The van der Waals surface area contributed by atoms with E-state index in [1.54, 1.807) is 0 Å². The van der Waals surface area contributed by atoms with Crippen molar-refractivity contribution >= 4 is 25.4 Å². The minimum absolute atomic E-state index is 0.160. The number of hydrogen-bond donors (Lipinski definition) is 1. The molecule has 176 valence electrons.